The lowest BCUT2D eigenvalue weighted by Crippen LogP contribution is -2.67. The van der Waals surface area contributed by atoms with Gasteiger partial charge in [0.2, 0.25) is 0 Å². The van der Waals surface area contributed by atoms with Crippen LogP contribution in [-0.2, 0) is 0 Å². The first-order valence-electron chi connectivity index (χ1n) is 49.7. The Morgan fingerprint density at radius 3 is 0.917 bits per heavy atom. The summed E-state index contributed by atoms with van der Waals surface area (Å²) in [5, 5.41) is 9.43. The van der Waals surface area contributed by atoms with Gasteiger partial charge in [-0.2, -0.15) is 0 Å². The molecule has 121 heavy (non-hydrogen) atoms. The molecule has 0 bridgehead atoms. The number of carbonyl (C=O) groups is 3. The van der Waals surface area contributed by atoms with Gasteiger partial charge < -0.3 is 10.8 Å². The van der Waals surface area contributed by atoms with Crippen LogP contribution in [0.2, 0.25) is 0 Å². The van der Waals surface area contributed by atoms with Crippen LogP contribution in [0.1, 0.15) is 360 Å². The quantitative estimate of drug-likeness (QED) is 0.112. The van der Waals surface area contributed by atoms with Crippen molar-refractivity contribution in [2.75, 3.05) is 26.2 Å². The topological polar surface area (TPSA) is 103 Å². The second-order valence-electron chi connectivity index (χ2n) is 49.8. The van der Waals surface area contributed by atoms with Gasteiger partial charge in [0.25, 0.3) is 0 Å². The fourth-order valence-electron chi connectivity index (χ4n) is 38.4. The largest absolute Gasteiger partial charge is 0.478 e. The Kier molecular flexibility index (Phi) is 20.7. The summed E-state index contributed by atoms with van der Waals surface area (Å²) in [6.07, 6.45) is 43.8. The Morgan fingerprint density at radius 1 is 0.331 bits per heavy atom. The van der Waals surface area contributed by atoms with Gasteiger partial charge in [0.15, 0.2) is 11.6 Å². The van der Waals surface area contributed by atoms with Crippen LogP contribution in [0.15, 0.2) is 127 Å². The lowest BCUT2D eigenvalue weighted by molar-refractivity contribution is -0.223. The van der Waals surface area contributed by atoms with Crippen molar-refractivity contribution in [3.63, 3.8) is 0 Å². The molecule has 2 saturated heterocycles. The molecule has 12 saturated carbocycles. The molecule has 20 rings (SSSR count). The smallest absolute Gasteiger partial charge is 0.335 e. The van der Waals surface area contributed by atoms with Crippen LogP contribution in [0.25, 0.3) is 16.7 Å². The van der Waals surface area contributed by atoms with Crippen LogP contribution in [0, 0.1) is 154 Å². The van der Waals surface area contributed by atoms with Gasteiger partial charge in [0.05, 0.1) is 5.56 Å². The van der Waals surface area contributed by atoms with E-state index in [1.54, 1.807) is 26.0 Å². The molecule has 3 N–H and O–H groups in total. The molecule has 27 atom stereocenters. The molecule has 2 aliphatic heterocycles. The average molecular weight is 1640 g/mol. The highest BCUT2D eigenvalue weighted by molar-refractivity contribution is 5.95. The zero-order valence-corrected chi connectivity index (χ0v) is 79.5. The summed E-state index contributed by atoms with van der Waals surface area (Å²) in [5.74, 6) is 10.4. The number of hydrogen-bond donors (Lipinski definition) is 2. The fraction of sp³-hybridized carbons (Fsp3) is 0.711. The number of rotatable bonds is 11. The number of hydrogen-bond acceptors (Lipinski definition) is 6. The minimum atomic E-state index is -0.849. The second-order valence-corrected chi connectivity index (χ2v) is 49.8. The number of Topliss-reactive ketones (excluding diaryl/α,β-unsaturated/α-hetero) is 2. The second kappa shape index (κ2) is 28.9. The van der Waals surface area contributed by atoms with E-state index < -0.39 is 5.97 Å². The minimum absolute atomic E-state index is 0.0283. The molecule has 15 aliphatic carbocycles. The third kappa shape index (κ3) is 12.2. The van der Waals surface area contributed by atoms with E-state index >= 15 is 0 Å². The highest BCUT2D eigenvalue weighted by Gasteiger charge is 2.76. The third-order valence-electron chi connectivity index (χ3n) is 44.7. The number of fused-ring (bicyclic) bond motifs is 21. The Hall–Kier alpha value is -5.21. The molecule has 3 aromatic carbocycles. The Bertz CT molecular complexity index is 4570. The van der Waals surface area contributed by atoms with Crippen molar-refractivity contribution >= 4 is 34.3 Å². The summed E-state index contributed by atoms with van der Waals surface area (Å²) in [6.45, 7) is 68.8. The van der Waals surface area contributed by atoms with E-state index in [2.05, 4.69) is 197 Å². The molecular weight excluding hydrogens is 1480 g/mol. The van der Waals surface area contributed by atoms with E-state index in [1.165, 1.54) is 243 Å². The van der Waals surface area contributed by atoms with Crippen molar-refractivity contribution in [2.24, 2.45) is 159 Å². The van der Waals surface area contributed by atoms with Gasteiger partial charge in [0, 0.05) is 53.9 Å². The van der Waals surface area contributed by atoms with Crippen molar-refractivity contribution in [1.82, 2.24) is 9.80 Å². The molecule has 656 valence electrons. The molecule has 3 aromatic rings. The van der Waals surface area contributed by atoms with E-state index in [1.807, 2.05) is 36.4 Å². The molecule has 0 amide bonds. The normalized spacial score (nSPS) is 46.4. The first kappa shape index (κ1) is 86.5. The van der Waals surface area contributed by atoms with Crippen molar-refractivity contribution in [3.8, 4) is 0 Å². The lowest BCUT2D eigenvalue weighted by atomic mass is 9.33. The minimum Gasteiger partial charge on any atom is -0.478 e. The Morgan fingerprint density at radius 2 is 0.620 bits per heavy atom. The van der Waals surface area contributed by atoms with Crippen molar-refractivity contribution in [3.05, 3.63) is 161 Å². The van der Waals surface area contributed by atoms with Crippen molar-refractivity contribution < 1.29 is 19.5 Å². The van der Waals surface area contributed by atoms with E-state index in [9.17, 15) is 19.5 Å². The van der Waals surface area contributed by atoms with Crippen LogP contribution in [-0.4, -0.2) is 75.2 Å². The fourth-order valence-corrected chi connectivity index (χ4v) is 38.4. The van der Waals surface area contributed by atoms with Crippen LogP contribution in [0.5, 0.6) is 0 Å². The molecule has 0 radical (unpaired) electrons. The summed E-state index contributed by atoms with van der Waals surface area (Å²) in [4.78, 5) is 41.1. The van der Waals surface area contributed by atoms with Crippen LogP contribution < -0.4 is 5.73 Å². The molecule has 17 aliphatic rings. The zero-order valence-electron chi connectivity index (χ0n) is 79.5. The number of allylic oxidation sites excluding steroid dienone is 9. The number of nitrogens with zero attached hydrogens (tertiary/aromatic N) is 2. The van der Waals surface area contributed by atoms with Crippen LogP contribution >= 0.6 is 0 Å². The monoisotopic (exact) mass is 1640 g/mol. The average Bonchev–Trinajstić information content (AvgIpc) is 1.65. The molecule has 0 unspecified atom stereocenters. The van der Waals surface area contributed by atoms with Crippen molar-refractivity contribution in [2.45, 2.75) is 328 Å². The molecule has 0 aromatic heterocycles. The number of carboxylic acids is 1. The number of ketones is 2. The summed E-state index contributed by atoms with van der Waals surface area (Å²) in [6, 6.07) is 24.5. The van der Waals surface area contributed by atoms with E-state index in [4.69, 9.17) is 5.73 Å². The molecular formula is C114H161N3O4. The molecule has 0 spiro atoms. The summed E-state index contributed by atoms with van der Waals surface area (Å²) < 4.78 is 0. The maximum absolute atomic E-state index is 11.9. The van der Waals surface area contributed by atoms with Gasteiger partial charge in [-0.25, -0.2) is 4.79 Å². The number of carbonyl (C=O) groups excluding carboxylic acids is 2. The molecule has 7 heteroatoms. The van der Waals surface area contributed by atoms with Crippen molar-refractivity contribution in [1.29, 1.82) is 0 Å². The summed E-state index contributed by atoms with van der Waals surface area (Å²) >= 11 is 0. The predicted molar refractivity (Wildman–Crippen MR) is 502 cm³/mol. The van der Waals surface area contributed by atoms with E-state index in [0.29, 0.717) is 101 Å². The van der Waals surface area contributed by atoms with Crippen LogP contribution in [0.4, 0.5) is 0 Å². The number of carboxylic acid groups (broad SMARTS) is 1. The highest BCUT2D eigenvalue weighted by atomic mass is 16.4. The lowest BCUT2D eigenvalue weighted by Gasteiger charge is -2.72. The van der Waals surface area contributed by atoms with Crippen LogP contribution in [0.3, 0.4) is 0 Å². The molecule has 14 fully saturated rings. The third-order valence-corrected chi connectivity index (χ3v) is 44.7. The van der Waals surface area contributed by atoms with Gasteiger partial charge in [-0.05, 0) is 407 Å². The van der Waals surface area contributed by atoms with E-state index in [0.717, 1.165) is 70.8 Å². The Balaban J connectivity index is 0.000000124. The maximum atomic E-state index is 11.9. The summed E-state index contributed by atoms with van der Waals surface area (Å²) in [7, 11) is 0. The summed E-state index contributed by atoms with van der Waals surface area (Å²) in [5.41, 5.74) is 26.3. The van der Waals surface area contributed by atoms with Gasteiger partial charge in [0.1, 0.15) is 0 Å². The highest BCUT2D eigenvalue weighted by Crippen LogP contribution is 2.82. The standard InChI is InChI=1S/C39H55NO.C38H53NO2.C37H53NO/c1-25(2)29-15-20-39(40-23-24-40)22-21-37(7)31(34(29)39)13-14-33-36(6)18-16-30(28-11-9-27(10-12-28)26(3)41)35(4,5)32(36)17-19-38(33,37)8;1-24(2)27-14-19-38(39-22-23-39)21-20-36(6)29(32(27)38)12-13-31-35(5)17-15-28(25-8-10-26(11-9-25)33(40)41)34(3,4)30(35)16-18-37(31,36)7;1-23(2)27-15-20-37(38)22-21-35(7)29(32(27)37)13-14-31-34(6)18-16-28(26-11-9-25(10-12-26)24(3)39)33(4,5)30(34)17-19-36(31,35)8/h9-12,16,29,31-34H,1,13-15,17-24H2,2-8H3;8-11,15,27,29-32H,1,12-14,16-23H2,2-7H3,(H,40,41);9-12,16,27,29-32H,1,13-15,17-22,38H2,2-8H3/t29-,31+,32-,33+,34+,36-,37+,38+,39-;27-,29+,30-,31+,32+,35-,36+,37+,38-;27-,29+,30-,31+,32+,34-,35+,36+,37-/m000/s1. The SMILES string of the molecule is C=C(C)[C@@H]1CC[C@]2(N)CC[C@]3(C)[C@H](CC[C@@H]4[C@@]5(C)CC=C(c6ccc(C(C)=O)cc6)C(C)(C)[C@@H]5CC[C@]43C)[C@@H]12.C=C(C)[C@@H]1CC[C@]2(N3CC3)CC[C@]3(C)[C@H](CC[C@@H]4[C@@]5(C)CC=C(c6ccc(C(=O)O)cc6)C(C)(C)[C@@H]5CC[C@]43C)[C@@H]12.C=C(C)[C@@H]1CC[C@]2(N3CC3)CC[C@]3(C)[C@H](CC[C@@H]4[C@@]5(C)CC=C(c6ccc(C(C)=O)cc6)C(C)(C)[C@@H]5CC[C@]43C)[C@@H]12. The zero-order chi connectivity index (χ0) is 86.5. The van der Waals surface area contributed by atoms with Gasteiger partial charge in [-0.1, -0.05) is 219 Å². The van der Waals surface area contributed by atoms with Gasteiger partial charge in [-0.15, -0.1) is 0 Å². The maximum Gasteiger partial charge on any atom is 0.335 e. The molecule has 7 nitrogen and oxygen atoms in total. The van der Waals surface area contributed by atoms with E-state index in [-0.39, 0.29) is 33.4 Å². The number of aromatic carboxylic acids is 1. The number of nitrogens with two attached hydrogens (primary N) is 1. The Labute approximate surface area is 733 Å². The first-order chi connectivity index (χ1) is 56.8. The van der Waals surface area contributed by atoms with Gasteiger partial charge in [-0.3, -0.25) is 19.4 Å². The first-order valence-corrected chi connectivity index (χ1v) is 49.7. The van der Waals surface area contributed by atoms with Gasteiger partial charge >= 0.3 is 5.97 Å². The predicted octanol–water partition coefficient (Wildman–Crippen LogP) is 28.0. The number of benzene rings is 3. The molecule has 2 heterocycles.